The van der Waals surface area contributed by atoms with Crippen molar-refractivity contribution in [1.82, 2.24) is 15.1 Å². The predicted molar refractivity (Wildman–Crippen MR) is 93.9 cm³/mol. The summed E-state index contributed by atoms with van der Waals surface area (Å²) in [6, 6.07) is 6.50. The molecule has 136 valence electrons. The van der Waals surface area contributed by atoms with Crippen LogP contribution in [0.1, 0.15) is 43.2 Å². The van der Waals surface area contributed by atoms with E-state index in [2.05, 4.69) is 15.6 Å². The van der Waals surface area contributed by atoms with Crippen LogP contribution in [0.3, 0.4) is 0 Å². The molecule has 1 aliphatic carbocycles. The van der Waals surface area contributed by atoms with Gasteiger partial charge in [-0.3, -0.25) is 9.48 Å². The van der Waals surface area contributed by atoms with E-state index in [-0.39, 0.29) is 11.7 Å². The van der Waals surface area contributed by atoms with Crippen LogP contribution in [0.4, 0.5) is 4.39 Å². The van der Waals surface area contributed by atoms with Crippen molar-refractivity contribution in [3.8, 4) is 0 Å². The molecule has 26 heavy (non-hydrogen) atoms. The van der Waals surface area contributed by atoms with Crippen LogP contribution in [0.25, 0.3) is 0 Å². The van der Waals surface area contributed by atoms with E-state index in [0.29, 0.717) is 12.1 Å². The van der Waals surface area contributed by atoms with Gasteiger partial charge < -0.3 is 10.2 Å². The van der Waals surface area contributed by atoms with Crippen LogP contribution in [0.2, 0.25) is 0 Å². The van der Waals surface area contributed by atoms with E-state index < -0.39 is 11.6 Å². The molecule has 0 spiro atoms. The number of oxime groups is 1. The van der Waals surface area contributed by atoms with Crippen LogP contribution < -0.4 is 5.32 Å². The number of hydrogen-bond donors (Lipinski definition) is 1. The van der Waals surface area contributed by atoms with E-state index in [1.807, 2.05) is 19.3 Å². The van der Waals surface area contributed by atoms with E-state index in [0.717, 1.165) is 36.8 Å². The molecule has 2 aliphatic rings. The van der Waals surface area contributed by atoms with Gasteiger partial charge in [0.2, 0.25) is 6.10 Å². The molecule has 4 rings (SSSR count). The Balaban J connectivity index is 1.48. The maximum Gasteiger partial charge on any atom is 0.265 e. The summed E-state index contributed by atoms with van der Waals surface area (Å²) in [6.45, 7) is 0. The summed E-state index contributed by atoms with van der Waals surface area (Å²) in [5, 5.41) is 11.3. The number of halogens is 1. The van der Waals surface area contributed by atoms with E-state index in [4.69, 9.17) is 4.84 Å². The van der Waals surface area contributed by atoms with Crippen molar-refractivity contribution in [2.75, 3.05) is 0 Å². The average Bonchev–Trinajstić information content (AvgIpc) is 3.35. The molecule has 6 nitrogen and oxygen atoms in total. The van der Waals surface area contributed by atoms with Crippen LogP contribution in [0.15, 0.2) is 41.8 Å². The van der Waals surface area contributed by atoms with Gasteiger partial charge in [-0.05, 0) is 30.5 Å². The van der Waals surface area contributed by atoms with Gasteiger partial charge >= 0.3 is 0 Å². The Kier molecular flexibility index (Phi) is 4.22. The lowest BCUT2D eigenvalue weighted by molar-refractivity contribution is -0.133. The Morgan fingerprint density at radius 1 is 1.38 bits per heavy atom. The second kappa shape index (κ2) is 6.55. The fourth-order valence-corrected chi connectivity index (χ4v) is 3.83. The van der Waals surface area contributed by atoms with Crippen molar-refractivity contribution >= 4 is 11.6 Å². The van der Waals surface area contributed by atoms with E-state index in [1.54, 1.807) is 16.9 Å². The average molecular weight is 356 g/mol. The molecule has 1 aromatic carbocycles. The molecule has 2 heterocycles. The van der Waals surface area contributed by atoms with Crippen LogP contribution in [0, 0.1) is 5.82 Å². The first-order valence-corrected chi connectivity index (χ1v) is 8.85. The minimum absolute atomic E-state index is 0.209. The SMILES string of the molecule is Cn1cc(C2=NO[C@@H](C(=O)NC3(c4cccc(F)c4)CCCC3)C2)cn1. The highest BCUT2D eigenvalue weighted by molar-refractivity contribution is 6.03. The van der Waals surface area contributed by atoms with Crippen LogP contribution >= 0.6 is 0 Å². The number of carbonyl (C=O) groups is 1. The van der Waals surface area contributed by atoms with Crippen molar-refractivity contribution in [2.24, 2.45) is 12.2 Å². The van der Waals surface area contributed by atoms with Gasteiger partial charge in [0.15, 0.2) is 0 Å². The highest BCUT2D eigenvalue weighted by Crippen LogP contribution is 2.39. The standard InChI is InChI=1S/C19H21FN4O2/c1-24-12-13(11-21-24)16-10-17(26-23-16)18(25)22-19(7-2-3-8-19)14-5-4-6-15(20)9-14/h4-6,9,11-12,17H,2-3,7-8,10H2,1H3,(H,22,25)/t17-/m1/s1. The molecule has 1 saturated carbocycles. The lowest BCUT2D eigenvalue weighted by Gasteiger charge is -2.32. The second-order valence-electron chi connectivity index (χ2n) is 7.03. The van der Waals surface area contributed by atoms with Gasteiger partial charge in [-0.2, -0.15) is 5.10 Å². The van der Waals surface area contributed by atoms with E-state index in [9.17, 15) is 9.18 Å². The monoisotopic (exact) mass is 356 g/mol. The first kappa shape index (κ1) is 16.8. The zero-order valence-electron chi connectivity index (χ0n) is 14.6. The first-order chi connectivity index (χ1) is 12.6. The van der Waals surface area contributed by atoms with Gasteiger partial charge in [-0.15, -0.1) is 0 Å². The molecule has 0 saturated heterocycles. The minimum atomic E-state index is -0.670. The number of nitrogens with zero attached hydrogens (tertiary/aromatic N) is 3. The van der Waals surface area contributed by atoms with Crippen molar-refractivity contribution in [2.45, 2.75) is 43.7 Å². The Morgan fingerprint density at radius 3 is 2.88 bits per heavy atom. The highest BCUT2D eigenvalue weighted by Gasteiger charge is 2.40. The number of aromatic nitrogens is 2. The van der Waals surface area contributed by atoms with Crippen LogP contribution in [0.5, 0.6) is 0 Å². The molecule has 1 fully saturated rings. The third-order valence-electron chi connectivity index (χ3n) is 5.20. The molecule has 2 aromatic rings. The molecule has 1 aromatic heterocycles. The number of aryl methyl sites for hydroxylation is 1. The maximum absolute atomic E-state index is 13.7. The Morgan fingerprint density at radius 2 is 2.19 bits per heavy atom. The Labute approximate surface area is 151 Å². The summed E-state index contributed by atoms with van der Waals surface area (Å²) < 4.78 is 15.4. The molecular weight excluding hydrogens is 335 g/mol. The largest absolute Gasteiger partial charge is 0.382 e. The summed E-state index contributed by atoms with van der Waals surface area (Å²) in [7, 11) is 1.83. The summed E-state index contributed by atoms with van der Waals surface area (Å²) in [6.07, 6.45) is 6.87. The third kappa shape index (κ3) is 3.09. The summed E-state index contributed by atoms with van der Waals surface area (Å²) in [5.41, 5.74) is 1.85. The van der Waals surface area contributed by atoms with Gasteiger partial charge in [0.1, 0.15) is 5.82 Å². The summed E-state index contributed by atoms with van der Waals surface area (Å²) >= 11 is 0. The number of amides is 1. The topological polar surface area (TPSA) is 68.5 Å². The van der Waals surface area contributed by atoms with Gasteiger partial charge in [-0.25, -0.2) is 4.39 Å². The Hall–Kier alpha value is -2.70. The van der Waals surface area contributed by atoms with Gasteiger partial charge in [0.05, 0.1) is 17.4 Å². The van der Waals surface area contributed by atoms with E-state index in [1.165, 1.54) is 12.1 Å². The van der Waals surface area contributed by atoms with Crippen LogP contribution in [-0.2, 0) is 22.2 Å². The second-order valence-corrected chi connectivity index (χ2v) is 7.03. The minimum Gasteiger partial charge on any atom is -0.382 e. The normalized spacial score (nSPS) is 21.3. The summed E-state index contributed by atoms with van der Waals surface area (Å²) in [4.78, 5) is 18.2. The number of hydrogen-bond acceptors (Lipinski definition) is 4. The van der Waals surface area contributed by atoms with Crippen molar-refractivity contribution in [3.63, 3.8) is 0 Å². The van der Waals surface area contributed by atoms with Gasteiger partial charge in [-0.1, -0.05) is 30.1 Å². The number of carbonyl (C=O) groups excluding carboxylic acids is 1. The van der Waals surface area contributed by atoms with Gasteiger partial charge in [0.25, 0.3) is 5.91 Å². The van der Waals surface area contributed by atoms with Crippen LogP contribution in [-0.4, -0.2) is 27.5 Å². The molecule has 7 heteroatoms. The van der Waals surface area contributed by atoms with E-state index >= 15 is 0 Å². The molecule has 1 aliphatic heterocycles. The fraction of sp³-hybridized carbons (Fsp3) is 0.421. The third-order valence-corrected chi connectivity index (χ3v) is 5.20. The zero-order chi connectivity index (χ0) is 18.1. The lowest BCUT2D eigenvalue weighted by atomic mass is 9.87. The lowest BCUT2D eigenvalue weighted by Crippen LogP contribution is -2.48. The number of rotatable bonds is 4. The molecular formula is C19H21FN4O2. The predicted octanol–water partition coefficient (Wildman–Crippen LogP) is 2.64. The first-order valence-electron chi connectivity index (χ1n) is 8.85. The Bertz CT molecular complexity index is 855. The zero-order valence-corrected chi connectivity index (χ0v) is 14.6. The smallest absolute Gasteiger partial charge is 0.265 e. The molecule has 1 atom stereocenters. The molecule has 0 bridgehead atoms. The maximum atomic E-state index is 13.7. The quantitative estimate of drug-likeness (QED) is 0.916. The molecule has 1 N–H and O–H groups in total. The molecule has 0 radical (unpaired) electrons. The van der Waals surface area contributed by atoms with Crippen molar-refractivity contribution < 1.29 is 14.0 Å². The molecule has 1 amide bonds. The summed E-state index contributed by atoms with van der Waals surface area (Å²) in [5.74, 6) is -0.499. The fourth-order valence-electron chi connectivity index (χ4n) is 3.83. The highest BCUT2D eigenvalue weighted by atomic mass is 19.1. The number of benzene rings is 1. The van der Waals surface area contributed by atoms with Gasteiger partial charge in [0, 0.05) is 25.2 Å². The number of nitrogens with one attached hydrogen (secondary N) is 1. The molecule has 0 unspecified atom stereocenters. The van der Waals surface area contributed by atoms with Crippen molar-refractivity contribution in [1.29, 1.82) is 0 Å². The van der Waals surface area contributed by atoms with Crippen molar-refractivity contribution in [3.05, 3.63) is 53.6 Å².